The minimum Gasteiger partial charge on any atom is -0.387 e. The molecule has 1 aromatic carbocycles. The fraction of sp³-hybridized carbons (Fsp3) is 0.684. The summed E-state index contributed by atoms with van der Waals surface area (Å²) in [5.41, 5.74) is 2.15. The molecule has 0 fully saturated rings. The van der Waals surface area contributed by atoms with E-state index in [9.17, 15) is 13.5 Å². The van der Waals surface area contributed by atoms with Crippen molar-refractivity contribution in [2.45, 2.75) is 71.4 Å². The van der Waals surface area contributed by atoms with Crippen LogP contribution < -0.4 is 10.0 Å². The highest BCUT2D eigenvalue weighted by atomic mass is 32.2. The summed E-state index contributed by atoms with van der Waals surface area (Å²) in [5, 5.41) is 13.9. The Labute approximate surface area is 153 Å². The minimum atomic E-state index is -3.30. The SMILES string of the molecule is CCCCCCC(CC)NCC(O)c1ccc(NS(C)(=O)=O)c(C)c1. The summed E-state index contributed by atoms with van der Waals surface area (Å²) in [5.74, 6) is 0. The monoisotopic (exact) mass is 370 g/mol. The molecule has 0 aliphatic heterocycles. The second kappa shape index (κ2) is 10.8. The Kier molecular flexibility index (Phi) is 9.46. The number of unbranched alkanes of at least 4 members (excludes halogenated alkanes) is 3. The Morgan fingerprint density at radius 1 is 1.16 bits per heavy atom. The van der Waals surface area contributed by atoms with Gasteiger partial charge in [-0.3, -0.25) is 4.72 Å². The molecule has 1 aromatic rings. The minimum absolute atomic E-state index is 0.429. The van der Waals surface area contributed by atoms with Crippen LogP contribution in [0.2, 0.25) is 0 Å². The summed E-state index contributed by atoms with van der Waals surface area (Å²) in [6.07, 6.45) is 7.74. The van der Waals surface area contributed by atoms with Gasteiger partial charge in [0.1, 0.15) is 0 Å². The third-order valence-electron chi connectivity index (χ3n) is 4.43. The summed E-state index contributed by atoms with van der Waals surface area (Å²) in [4.78, 5) is 0. The van der Waals surface area contributed by atoms with Gasteiger partial charge in [-0.25, -0.2) is 8.42 Å². The quantitative estimate of drug-likeness (QED) is 0.490. The average Bonchev–Trinajstić information content (AvgIpc) is 2.54. The lowest BCUT2D eigenvalue weighted by molar-refractivity contribution is 0.168. The predicted molar refractivity (Wildman–Crippen MR) is 105 cm³/mol. The third kappa shape index (κ3) is 8.70. The van der Waals surface area contributed by atoms with Gasteiger partial charge in [0.05, 0.1) is 18.0 Å². The van der Waals surface area contributed by atoms with Gasteiger partial charge in [-0.05, 0) is 37.0 Å². The second-order valence-corrected chi connectivity index (χ2v) is 8.58. The summed E-state index contributed by atoms with van der Waals surface area (Å²) in [6, 6.07) is 5.74. The normalized spacial score (nSPS) is 14.3. The Bertz CT molecular complexity index is 617. The molecule has 2 unspecified atom stereocenters. The molecule has 6 heteroatoms. The number of anilines is 1. The first-order chi connectivity index (χ1) is 11.8. The molecular formula is C19H34N2O3S. The van der Waals surface area contributed by atoms with Gasteiger partial charge < -0.3 is 10.4 Å². The molecule has 0 amide bonds. The molecule has 5 nitrogen and oxygen atoms in total. The van der Waals surface area contributed by atoms with E-state index < -0.39 is 16.1 Å². The lowest BCUT2D eigenvalue weighted by Gasteiger charge is -2.20. The summed E-state index contributed by atoms with van der Waals surface area (Å²) >= 11 is 0. The molecule has 1 rings (SSSR count). The van der Waals surface area contributed by atoms with Gasteiger partial charge in [0.15, 0.2) is 0 Å². The molecule has 3 N–H and O–H groups in total. The zero-order valence-electron chi connectivity index (χ0n) is 16.0. The van der Waals surface area contributed by atoms with Crippen LogP contribution in [0.15, 0.2) is 18.2 Å². The van der Waals surface area contributed by atoms with E-state index in [2.05, 4.69) is 23.9 Å². The number of aliphatic hydroxyl groups excluding tert-OH is 1. The van der Waals surface area contributed by atoms with Crippen LogP contribution in [0.1, 0.15) is 69.6 Å². The van der Waals surface area contributed by atoms with E-state index in [1.165, 1.54) is 25.7 Å². The molecule has 0 aliphatic rings. The van der Waals surface area contributed by atoms with Crippen LogP contribution >= 0.6 is 0 Å². The first-order valence-electron chi connectivity index (χ1n) is 9.26. The highest BCUT2D eigenvalue weighted by Gasteiger charge is 2.13. The van der Waals surface area contributed by atoms with Crippen LogP contribution in [-0.4, -0.2) is 32.4 Å². The number of hydrogen-bond donors (Lipinski definition) is 3. The Hall–Kier alpha value is -1.11. The molecule has 0 saturated carbocycles. The van der Waals surface area contributed by atoms with E-state index in [1.807, 2.05) is 13.0 Å². The van der Waals surface area contributed by atoms with Crippen molar-refractivity contribution >= 4 is 15.7 Å². The summed E-state index contributed by atoms with van der Waals surface area (Å²) in [7, 11) is -3.30. The lowest BCUT2D eigenvalue weighted by Crippen LogP contribution is -2.32. The molecule has 0 aliphatic carbocycles. The number of sulfonamides is 1. The number of nitrogens with one attached hydrogen (secondary N) is 2. The molecular weight excluding hydrogens is 336 g/mol. The largest absolute Gasteiger partial charge is 0.387 e. The van der Waals surface area contributed by atoms with E-state index in [1.54, 1.807) is 12.1 Å². The van der Waals surface area contributed by atoms with Crippen LogP contribution in [0.25, 0.3) is 0 Å². The number of benzene rings is 1. The van der Waals surface area contributed by atoms with Gasteiger partial charge in [0.25, 0.3) is 0 Å². The first-order valence-corrected chi connectivity index (χ1v) is 11.2. The molecule has 0 heterocycles. The molecule has 2 atom stereocenters. The summed E-state index contributed by atoms with van der Waals surface area (Å²) in [6.45, 7) is 6.72. The van der Waals surface area contributed by atoms with Gasteiger partial charge >= 0.3 is 0 Å². The van der Waals surface area contributed by atoms with Crippen LogP contribution in [0.5, 0.6) is 0 Å². The molecule has 0 bridgehead atoms. The zero-order valence-corrected chi connectivity index (χ0v) is 16.8. The molecule has 144 valence electrons. The molecule has 25 heavy (non-hydrogen) atoms. The predicted octanol–water partition coefficient (Wildman–Crippen LogP) is 3.74. The van der Waals surface area contributed by atoms with Crippen molar-refractivity contribution in [2.75, 3.05) is 17.5 Å². The molecule has 0 spiro atoms. The maximum Gasteiger partial charge on any atom is 0.229 e. The van der Waals surface area contributed by atoms with Crippen molar-refractivity contribution in [3.05, 3.63) is 29.3 Å². The van der Waals surface area contributed by atoms with Crippen molar-refractivity contribution in [2.24, 2.45) is 0 Å². The maximum atomic E-state index is 11.3. The van der Waals surface area contributed by atoms with Crippen molar-refractivity contribution in [1.82, 2.24) is 5.32 Å². The topological polar surface area (TPSA) is 78.4 Å². The molecule has 0 aromatic heterocycles. The van der Waals surface area contributed by atoms with Crippen LogP contribution in [-0.2, 0) is 10.0 Å². The Morgan fingerprint density at radius 3 is 2.44 bits per heavy atom. The van der Waals surface area contributed by atoms with Crippen molar-refractivity contribution in [3.63, 3.8) is 0 Å². The maximum absolute atomic E-state index is 11.3. The Balaban J connectivity index is 2.56. The lowest BCUT2D eigenvalue weighted by atomic mass is 10.0. The van der Waals surface area contributed by atoms with Gasteiger partial charge in [0.2, 0.25) is 10.0 Å². The highest BCUT2D eigenvalue weighted by molar-refractivity contribution is 7.92. The van der Waals surface area contributed by atoms with Crippen molar-refractivity contribution < 1.29 is 13.5 Å². The van der Waals surface area contributed by atoms with Gasteiger partial charge in [-0.15, -0.1) is 0 Å². The summed E-state index contributed by atoms with van der Waals surface area (Å²) < 4.78 is 25.2. The highest BCUT2D eigenvalue weighted by Crippen LogP contribution is 2.22. The van der Waals surface area contributed by atoms with Crippen LogP contribution in [0.4, 0.5) is 5.69 Å². The van der Waals surface area contributed by atoms with Gasteiger partial charge in [0, 0.05) is 12.6 Å². The fourth-order valence-corrected chi connectivity index (χ4v) is 3.50. The number of aliphatic hydroxyl groups is 1. The van der Waals surface area contributed by atoms with Crippen LogP contribution in [0, 0.1) is 6.92 Å². The van der Waals surface area contributed by atoms with E-state index in [-0.39, 0.29) is 0 Å². The van der Waals surface area contributed by atoms with E-state index in [4.69, 9.17) is 0 Å². The van der Waals surface area contributed by atoms with E-state index in [0.29, 0.717) is 18.3 Å². The molecule has 0 radical (unpaired) electrons. The van der Waals surface area contributed by atoms with Gasteiger partial charge in [-0.1, -0.05) is 51.7 Å². The zero-order chi connectivity index (χ0) is 18.9. The second-order valence-electron chi connectivity index (χ2n) is 6.83. The standard InChI is InChI=1S/C19H34N2O3S/c1-5-7-8-9-10-17(6-2)20-14-19(22)16-11-12-18(15(3)13-16)21-25(4,23)24/h11-13,17,19-22H,5-10,14H2,1-4H3. The number of aryl methyl sites for hydroxylation is 1. The van der Waals surface area contributed by atoms with Crippen molar-refractivity contribution in [1.29, 1.82) is 0 Å². The van der Waals surface area contributed by atoms with Crippen molar-refractivity contribution in [3.8, 4) is 0 Å². The average molecular weight is 371 g/mol. The van der Waals surface area contributed by atoms with E-state index in [0.717, 1.165) is 30.2 Å². The smallest absolute Gasteiger partial charge is 0.229 e. The fourth-order valence-electron chi connectivity index (χ4n) is 2.87. The van der Waals surface area contributed by atoms with Crippen LogP contribution in [0.3, 0.4) is 0 Å². The third-order valence-corrected chi connectivity index (χ3v) is 5.02. The van der Waals surface area contributed by atoms with E-state index >= 15 is 0 Å². The number of rotatable bonds is 12. The Morgan fingerprint density at radius 2 is 1.88 bits per heavy atom. The first kappa shape index (κ1) is 21.9. The molecule has 0 saturated heterocycles. The van der Waals surface area contributed by atoms with Gasteiger partial charge in [-0.2, -0.15) is 0 Å². The number of hydrogen-bond acceptors (Lipinski definition) is 4.